The molecule has 1 aromatic carbocycles. The molecule has 0 bridgehead atoms. The highest BCUT2D eigenvalue weighted by atomic mass is 79.9. The zero-order valence-corrected chi connectivity index (χ0v) is 17.1. The first-order valence-corrected chi connectivity index (χ1v) is 10.1. The van der Waals surface area contributed by atoms with E-state index in [2.05, 4.69) is 29.8 Å². The van der Waals surface area contributed by atoms with Gasteiger partial charge >= 0.3 is 0 Å². The molecule has 0 saturated carbocycles. The second kappa shape index (κ2) is 5.58. The lowest BCUT2D eigenvalue weighted by Gasteiger charge is -2.30. The number of thiophene rings is 1. The molecule has 132 valence electrons. The maximum absolute atomic E-state index is 5.98. The van der Waals surface area contributed by atoms with Gasteiger partial charge in [0.25, 0.3) is 0 Å². The van der Waals surface area contributed by atoms with E-state index in [-0.39, 0.29) is 5.60 Å². The quantitative estimate of drug-likeness (QED) is 0.431. The molecule has 5 nitrogen and oxygen atoms in total. The molecule has 0 saturated heterocycles. The fourth-order valence-electron chi connectivity index (χ4n) is 3.46. The molecule has 5 rings (SSSR count). The Morgan fingerprint density at radius 2 is 1.96 bits per heavy atom. The lowest BCUT2D eigenvalue weighted by atomic mass is 9.94. The second-order valence-electron chi connectivity index (χ2n) is 7.25. The molecule has 1 aliphatic heterocycles. The molecule has 0 aliphatic carbocycles. The van der Waals surface area contributed by atoms with Gasteiger partial charge in [0.2, 0.25) is 0 Å². The summed E-state index contributed by atoms with van der Waals surface area (Å²) in [5.74, 6) is 1.57. The standard InChI is InChI=1S/C19H17BrN4OS/c1-10-21-18-15(13-8-19(2,3)25-9-14(13)26-18)17-22-16(23-24(10)17)11-4-6-12(20)7-5-11/h4-7H,8-9H2,1-3H3. The minimum absolute atomic E-state index is 0.169. The van der Waals surface area contributed by atoms with Crippen molar-refractivity contribution in [3.05, 3.63) is 45.0 Å². The van der Waals surface area contributed by atoms with E-state index in [4.69, 9.17) is 19.8 Å². The number of halogens is 1. The van der Waals surface area contributed by atoms with Gasteiger partial charge in [-0.3, -0.25) is 0 Å². The molecule has 0 radical (unpaired) electrons. The van der Waals surface area contributed by atoms with Crippen LogP contribution in [0.25, 0.3) is 27.3 Å². The molecule has 0 N–H and O–H groups in total. The third kappa shape index (κ3) is 2.49. The minimum Gasteiger partial charge on any atom is -0.370 e. The highest BCUT2D eigenvalue weighted by Crippen LogP contribution is 2.40. The van der Waals surface area contributed by atoms with Crippen molar-refractivity contribution in [3.63, 3.8) is 0 Å². The minimum atomic E-state index is -0.169. The van der Waals surface area contributed by atoms with E-state index in [0.717, 1.165) is 44.0 Å². The number of nitrogens with zero attached hydrogens (tertiary/aromatic N) is 4. The van der Waals surface area contributed by atoms with E-state index in [9.17, 15) is 0 Å². The van der Waals surface area contributed by atoms with Gasteiger partial charge in [0.1, 0.15) is 10.7 Å². The van der Waals surface area contributed by atoms with Crippen molar-refractivity contribution in [2.45, 2.75) is 39.4 Å². The van der Waals surface area contributed by atoms with E-state index < -0.39 is 0 Å². The molecule has 0 fully saturated rings. The summed E-state index contributed by atoms with van der Waals surface area (Å²) in [6, 6.07) is 8.07. The number of ether oxygens (including phenoxy) is 1. The smallest absolute Gasteiger partial charge is 0.182 e. The predicted molar refractivity (Wildman–Crippen MR) is 107 cm³/mol. The van der Waals surface area contributed by atoms with E-state index in [0.29, 0.717) is 6.61 Å². The Morgan fingerprint density at radius 3 is 2.73 bits per heavy atom. The van der Waals surface area contributed by atoms with Crippen molar-refractivity contribution in [1.29, 1.82) is 0 Å². The Labute approximate surface area is 163 Å². The van der Waals surface area contributed by atoms with Crippen molar-refractivity contribution in [3.8, 4) is 11.4 Å². The first kappa shape index (κ1) is 16.4. The van der Waals surface area contributed by atoms with Crippen LogP contribution in [0.3, 0.4) is 0 Å². The summed E-state index contributed by atoms with van der Waals surface area (Å²) in [4.78, 5) is 12.0. The second-order valence-corrected chi connectivity index (χ2v) is 9.25. The first-order chi connectivity index (χ1) is 12.4. The third-order valence-corrected chi connectivity index (χ3v) is 6.40. The van der Waals surface area contributed by atoms with Crippen molar-refractivity contribution in [2.75, 3.05) is 0 Å². The summed E-state index contributed by atoms with van der Waals surface area (Å²) in [5.41, 5.74) is 3.03. The van der Waals surface area contributed by atoms with Crippen molar-refractivity contribution in [1.82, 2.24) is 19.6 Å². The van der Waals surface area contributed by atoms with Gasteiger partial charge in [-0.05, 0) is 38.5 Å². The van der Waals surface area contributed by atoms with Gasteiger partial charge in [-0.2, -0.15) is 4.52 Å². The SMILES string of the molecule is Cc1nc2sc3c(c2c2nc(-c4ccc(Br)cc4)nn12)CC(C)(C)OC3. The number of fused-ring (bicyclic) bond motifs is 5. The maximum atomic E-state index is 5.98. The predicted octanol–water partition coefficient (Wildman–Crippen LogP) is 4.93. The lowest BCUT2D eigenvalue weighted by Crippen LogP contribution is -2.31. The Hall–Kier alpha value is -1.83. The molecule has 26 heavy (non-hydrogen) atoms. The van der Waals surface area contributed by atoms with E-state index in [1.165, 1.54) is 10.4 Å². The van der Waals surface area contributed by atoms with Crippen LogP contribution in [-0.2, 0) is 17.8 Å². The average Bonchev–Trinajstić information content (AvgIpc) is 3.16. The summed E-state index contributed by atoms with van der Waals surface area (Å²) in [6.45, 7) is 6.89. The van der Waals surface area contributed by atoms with Crippen LogP contribution in [0.5, 0.6) is 0 Å². The topological polar surface area (TPSA) is 52.3 Å². The van der Waals surface area contributed by atoms with E-state index in [1.807, 2.05) is 35.7 Å². The summed E-state index contributed by atoms with van der Waals surface area (Å²) in [7, 11) is 0. The molecular weight excluding hydrogens is 412 g/mol. The van der Waals surface area contributed by atoms with E-state index >= 15 is 0 Å². The van der Waals surface area contributed by atoms with Crippen LogP contribution in [0.1, 0.15) is 30.1 Å². The average molecular weight is 429 g/mol. The fourth-order valence-corrected chi connectivity index (χ4v) is 4.87. The fraction of sp³-hybridized carbons (Fsp3) is 0.316. The van der Waals surface area contributed by atoms with Crippen molar-refractivity contribution < 1.29 is 4.74 Å². The highest BCUT2D eigenvalue weighted by Gasteiger charge is 2.31. The number of rotatable bonds is 1. The van der Waals surface area contributed by atoms with Crippen LogP contribution < -0.4 is 0 Å². The summed E-state index contributed by atoms with van der Waals surface area (Å²) < 4.78 is 8.90. The molecule has 0 spiro atoms. The first-order valence-electron chi connectivity index (χ1n) is 8.49. The van der Waals surface area contributed by atoms with E-state index in [1.54, 1.807) is 11.3 Å². The van der Waals surface area contributed by atoms with Gasteiger partial charge in [0.05, 0.1) is 17.6 Å². The van der Waals surface area contributed by atoms with Crippen LogP contribution in [0.15, 0.2) is 28.7 Å². The maximum Gasteiger partial charge on any atom is 0.182 e. The third-order valence-electron chi connectivity index (χ3n) is 4.77. The number of hydrogen-bond acceptors (Lipinski definition) is 5. The van der Waals surface area contributed by atoms with Crippen molar-refractivity contribution in [2.24, 2.45) is 0 Å². The normalized spacial score (nSPS) is 16.3. The number of benzene rings is 1. The van der Waals surface area contributed by atoms with Crippen LogP contribution in [0.4, 0.5) is 0 Å². The number of hydrogen-bond donors (Lipinski definition) is 0. The van der Waals surface area contributed by atoms with Crippen LogP contribution >= 0.6 is 27.3 Å². The number of aromatic nitrogens is 4. The summed E-state index contributed by atoms with van der Waals surface area (Å²) in [5, 5.41) is 5.86. The monoisotopic (exact) mass is 428 g/mol. The largest absolute Gasteiger partial charge is 0.370 e. The Morgan fingerprint density at radius 1 is 1.19 bits per heavy atom. The van der Waals surface area contributed by atoms with Gasteiger partial charge in [-0.1, -0.05) is 28.1 Å². The number of aryl methyl sites for hydroxylation is 1. The van der Waals surface area contributed by atoms with Gasteiger partial charge in [-0.25, -0.2) is 9.97 Å². The Bertz CT molecular complexity index is 1160. The molecule has 4 aromatic rings. The van der Waals surface area contributed by atoms with Crippen LogP contribution in [-0.4, -0.2) is 25.2 Å². The van der Waals surface area contributed by atoms with Gasteiger partial charge < -0.3 is 4.74 Å². The highest BCUT2D eigenvalue weighted by molar-refractivity contribution is 9.10. The Balaban J connectivity index is 1.79. The lowest BCUT2D eigenvalue weighted by molar-refractivity contribution is -0.0379. The molecule has 0 unspecified atom stereocenters. The summed E-state index contributed by atoms with van der Waals surface area (Å²) in [6.07, 6.45) is 0.864. The molecule has 0 atom stereocenters. The molecule has 7 heteroatoms. The van der Waals surface area contributed by atoms with Gasteiger partial charge in [-0.15, -0.1) is 16.4 Å². The molecule has 4 heterocycles. The van der Waals surface area contributed by atoms with Crippen LogP contribution in [0, 0.1) is 6.92 Å². The molecule has 1 aliphatic rings. The molecule has 0 amide bonds. The van der Waals surface area contributed by atoms with Crippen molar-refractivity contribution >= 4 is 43.1 Å². The zero-order chi connectivity index (χ0) is 18.1. The van der Waals surface area contributed by atoms with Gasteiger partial charge in [0, 0.05) is 21.3 Å². The van der Waals surface area contributed by atoms with Gasteiger partial charge in [0.15, 0.2) is 11.5 Å². The molecular formula is C19H17BrN4OS. The zero-order valence-electron chi connectivity index (χ0n) is 14.7. The van der Waals surface area contributed by atoms with Crippen LogP contribution in [0.2, 0.25) is 0 Å². The summed E-state index contributed by atoms with van der Waals surface area (Å²) >= 11 is 5.19. The Kier molecular flexibility index (Phi) is 3.51. The molecule has 3 aromatic heterocycles.